The van der Waals surface area contributed by atoms with Crippen molar-refractivity contribution in [1.82, 2.24) is 9.21 Å². The average Bonchev–Trinajstić information content (AvgIpc) is 3.34. The number of benzene rings is 2. The van der Waals surface area contributed by atoms with Crippen LogP contribution >= 0.6 is 0 Å². The van der Waals surface area contributed by atoms with Crippen molar-refractivity contribution in [2.45, 2.75) is 30.5 Å². The van der Waals surface area contributed by atoms with Crippen LogP contribution in [0, 0.1) is 0 Å². The molecule has 2 aliphatic rings. The molecular formula is C23H24F2N2O5S. The van der Waals surface area contributed by atoms with E-state index in [0.717, 1.165) is 16.7 Å². The van der Waals surface area contributed by atoms with E-state index in [2.05, 4.69) is 4.74 Å². The van der Waals surface area contributed by atoms with Crippen molar-refractivity contribution in [3.05, 3.63) is 71.3 Å². The summed E-state index contributed by atoms with van der Waals surface area (Å²) < 4.78 is 56.2. The maximum atomic E-state index is 13.2. The Bertz CT molecular complexity index is 1130. The van der Waals surface area contributed by atoms with E-state index < -0.39 is 28.7 Å². The Balaban J connectivity index is 1.42. The highest BCUT2D eigenvalue weighted by molar-refractivity contribution is 7.89. The first-order valence-corrected chi connectivity index (χ1v) is 11.9. The molecule has 0 bridgehead atoms. The molecule has 1 N–H and O–H groups in total. The van der Waals surface area contributed by atoms with Crippen molar-refractivity contribution in [3.63, 3.8) is 0 Å². The molecule has 33 heavy (non-hydrogen) atoms. The van der Waals surface area contributed by atoms with Gasteiger partial charge in [-0.2, -0.15) is 13.1 Å². The van der Waals surface area contributed by atoms with Gasteiger partial charge in [0.2, 0.25) is 15.9 Å². The molecule has 2 aromatic carbocycles. The molecule has 2 aliphatic heterocycles. The lowest BCUT2D eigenvalue weighted by Crippen LogP contribution is -2.40. The smallest absolute Gasteiger partial charge is 0.387 e. The van der Waals surface area contributed by atoms with Gasteiger partial charge in [0.25, 0.3) is 0 Å². The van der Waals surface area contributed by atoms with E-state index in [4.69, 9.17) is 0 Å². The lowest BCUT2D eigenvalue weighted by Gasteiger charge is -2.28. The first kappa shape index (κ1) is 23.3. The third-order valence-corrected chi connectivity index (χ3v) is 7.71. The summed E-state index contributed by atoms with van der Waals surface area (Å²) >= 11 is 0. The van der Waals surface area contributed by atoms with Gasteiger partial charge in [-0.25, -0.2) is 8.42 Å². The lowest BCUT2D eigenvalue weighted by atomic mass is 9.93. The second-order valence-electron chi connectivity index (χ2n) is 8.15. The standard InChI is InChI=1S/C23H24F2N2O5S/c1-15(28)21(16-5-3-2-4-6-16)22(29)26-11-17-13-27(14-18(17)12-26)33(30,31)20-9-7-19(8-10-20)32-23(24)25/h2-10,15,21,23,28H,11-14H2,1H3/t15-,21?/m1/s1. The molecule has 2 heterocycles. The number of carbonyl (C=O) groups is 1. The van der Waals surface area contributed by atoms with Crippen LogP contribution in [0.15, 0.2) is 70.6 Å². The van der Waals surface area contributed by atoms with Crippen molar-refractivity contribution >= 4 is 15.9 Å². The summed E-state index contributed by atoms with van der Waals surface area (Å²) in [6.07, 6.45) is -0.871. The minimum Gasteiger partial charge on any atom is -0.435 e. The fourth-order valence-electron chi connectivity index (χ4n) is 4.30. The highest BCUT2D eigenvalue weighted by Crippen LogP contribution is 2.33. The van der Waals surface area contributed by atoms with Gasteiger partial charge in [-0.3, -0.25) is 4.79 Å². The third-order valence-electron chi connectivity index (χ3n) is 5.90. The number of aliphatic hydroxyl groups excluding tert-OH is 1. The molecule has 7 nitrogen and oxygen atoms in total. The van der Waals surface area contributed by atoms with Crippen molar-refractivity contribution in [3.8, 4) is 5.75 Å². The summed E-state index contributed by atoms with van der Waals surface area (Å²) in [5.74, 6) is -1.01. The minimum absolute atomic E-state index is 0.0172. The quantitative estimate of drug-likeness (QED) is 0.619. The van der Waals surface area contributed by atoms with Crippen LogP contribution in [-0.2, 0) is 14.8 Å². The van der Waals surface area contributed by atoms with Crippen molar-refractivity contribution in [2.75, 3.05) is 26.2 Å². The molecule has 2 atom stereocenters. The van der Waals surface area contributed by atoms with E-state index >= 15 is 0 Å². The number of hydrogen-bond donors (Lipinski definition) is 1. The van der Waals surface area contributed by atoms with Crippen molar-refractivity contribution in [2.24, 2.45) is 0 Å². The molecule has 2 aromatic rings. The van der Waals surface area contributed by atoms with E-state index in [-0.39, 0.29) is 29.6 Å². The van der Waals surface area contributed by atoms with E-state index in [1.54, 1.807) is 24.0 Å². The summed E-state index contributed by atoms with van der Waals surface area (Å²) in [6, 6.07) is 13.9. The molecule has 0 fully saturated rings. The van der Waals surface area contributed by atoms with Gasteiger partial charge in [0.05, 0.1) is 16.9 Å². The molecule has 176 valence electrons. The Hall–Kier alpha value is -2.82. The average molecular weight is 479 g/mol. The van der Waals surface area contributed by atoms with Gasteiger partial charge in [0, 0.05) is 26.2 Å². The molecular weight excluding hydrogens is 454 g/mol. The predicted molar refractivity (Wildman–Crippen MR) is 116 cm³/mol. The Morgan fingerprint density at radius 2 is 1.55 bits per heavy atom. The number of sulfonamides is 1. The van der Waals surface area contributed by atoms with Crippen LogP contribution < -0.4 is 4.74 Å². The van der Waals surface area contributed by atoms with E-state index in [9.17, 15) is 27.1 Å². The fraction of sp³-hybridized carbons (Fsp3) is 0.348. The summed E-state index contributed by atoms with van der Waals surface area (Å²) in [5, 5.41) is 10.2. The van der Waals surface area contributed by atoms with E-state index in [0.29, 0.717) is 13.1 Å². The Morgan fingerprint density at radius 1 is 0.970 bits per heavy atom. The zero-order valence-electron chi connectivity index (χ0n) is 17.9. The van der Waals surface area contributed by atoms with Gasteiger partial charge in [-0.15, -0.1) is 0 Å². The van der Waals surface area contributed by atoms with Crippen LogP contribution in [0.25, 0.3) is 0 Å². The van der Waals surface area contributed by atoms with Gasteiger partial charge in [-0.05, 0) is 47.9 Å². The van der Waals surface area contributed by atoms with Crippen LogP contribution in [0.4, 0.5) is 8.78 Å². The second kappa shape index (κ2) is 9.20. The van der Waals surface area contributed by atoms with Crippen LogP contribution in [0.5, 0.6) is 5.75 Å². The van der Waals surface area contributed by atoms with Crippen molar-refractivity contribution < 1.29 is 31.8 Å². The zero-order chi connectivity index (χ0) is 23.8. The minimum atomic E-state index is -3.83. The molecule has 0 saturated heterocycles. The highest BCUT2D eigenvalue weighted by Gasteiger charge is 2.40. The number of hydrogen-bond acceptors (Lipinski definition) is 5. The molecule has 1 unspecified atom stereocenters. The lowest BCUT2D eigenvalue weighted by molar-refractivity contribution is -0.134. The summed E-state index contributed by atoms with van der Waals surface area (Å²) in [6.45, 7) is -0.491. The number of carbonyl (C=O) groups excluding carboxylic acids is 1. The van der Waals surface area contributed by atoms with Gasteiger partial charge in [-0.1, -0.05) is 30.3 Å². The normalized spacial score (nSPS) is 18.5. The first-order chi connectivity index (χ1) is 15.7. The molecule has 0 aromatic heterocycles. The number of alkyl halides is 2. The predicted octanol–water partition coefficient (Wildman–Crippen LogP) is 2.60. The summed E-state index contributed by atoms with van der Waals surface area (Å²) in [7, 11) is -3.83. The number of nitrogens with zero attached hydrogens (tertiary/aromatic N) is 2. The SMILES string of the molecule is C[C@@H](O)C(C(=O)N1CC2=C(C1)CN(S(=O)(=O)c1ccc(OC(F)F)cc1)C2)c1ccccc1. The van der Waals surface area contributed by atoms with Crippen LogP contribution in [0.1, 0.15) is 18.4 Å². The monoisotopic (exact) mass is 478 g/mol. The topological polar surface area (TPSA) is 87.2 Å². The molecule has 1 amide bonds. The van der Waals surface area contributed by atoms with E-state index in [1.165, 1.54) is 28.6 Å². The van der Waals surface area contributed by atoms with Crippen molar-refractivity contribution in [1.29, 1.82) is 0 Å². The van der Waals surface area contributed by atoms with Crippen LogP contribution in [0.3, 0.4) is 0 Å². The van der Waals surface area contributed by atoms with Crippen LogP contribution in [0.2, 0.25) is 0 Å². The molecule has 0 radical (unpaired) electrons. The summed E-state index contributed by atoms with van der Waals surface area (Å²) in [5.41, 5.74) is 2.46. The van der Waals surface area contributed by atoms with Gasteiger partial charge >= 0.3 is 6.61 Å². The van der Waals surface area contributed by atoms with Crippen LogP contribution in [-0.4, -0.2) is 67.5 Å². The molecule has 10 heteroatoms. The fourth-order valence-corrected chi connectivity index (χ4v) is 5.73. The number of halogens is 2. The first-order valence-electron chi connectivity index (χ1n) is 10.4. The largest absolute Gasteiger partial charge is 0.435 e. The zero-order valence-corrected chi connectivity index (χ0v) is 18.7. The molecule has 0 saturated carbocycles. The number of aliphatic hydroxyl groups is 1. The maximum Gasteiger partial charge on any atom is 0.387 e. The molecule has 0 aliphatic carbocycles. The molecule has 4 rings (SSSR count). The van der Waals surface area contributed by atoms with E-state index in [1.807, 2.05) is 18.2 Å². The highest BCUT2D eigenvalue weighted by atomic mass is 32.2. The summed E-state index contributed by atoms with van der Waals surface area (Å²) in [4.78, 5) is 14.8. The van der Waals surface area contributed by atoms with Gasteiger partial charge < -0.3 is 14.7 Å². The Morgan fingerprint density at radius 3 is 2.06 bits per heavy atom. The number of amides is 1. The molecule has 0 spiro atoms. The van der Waals surface area contributed by atoms with Gasteiger partial charge in [0.1, 0.15) is 5.75 Å². The number of ether oxygens (including phenoxy) is 1. The second-order valence-corrected chi connectivity index (χ2v) is 10.1. The third kappa shape index (κ3) is 4.78. The number of rotatable bonds is 7. The Labute approximate surface area is 190 Å². The van der Waals surface area contributed by atoms with Gasteiger partial charge in [0.15, 0.2) is 0 Å². The maximum absolute atomic E-state index is 13.2. The Kier molecular flexibility index (Phi) is 6.51.